The van der Waals surface area contributed by atoms with Gasteiger partial charge in [0, 0.05) is 29.3 Å². The fraction of sp³-hybridized carbons (Fsp3) is 0.176. The number of anilines is 1. The number of aryl methyl sites for hydroxylation is 2. The van der Waals surface area contributed by atoms with Crippen LogP contribution in [0.1, 0.15) is 17.6 Å². The number of carbonyl (C=O) groups is 1. The molecule has 1 aromatic carbocycles. The molecular formula is C17H17N5OS. The number of nitrogens with one attached hydrogen (secondary N) is 1. The average molecular weight is 339 g/mol. The van der Waals surface area contributed by atoms with Gasteiger partial charge < -0.3 is 9.88 Å². The van der Waals surface area contributed by atoms with E-state index < -0.39 is 0 Å². The van der Waals surface area contributed by atoms with Crippen molar-refractivity contribution in [2.45, 2.75) is 20.4 Å². The zero-order chi connectivity index (χ0) is 16.9. The minimum Gasteiger partial charge on any atom is -0.322 e. The molecule has 0 spiro atoms. The maximum absolute atomic E-state index is 12.1. The normalized spacial score (nSPS) is 11.1. The molecule has 7 heteroatoms. The average Bonchev–Trinajstić information content (AvgIpc) is 3.21. The first-order valence-corrected chi connectivity index (χ1v) is 8.43. The van der Waals surface area contributed by atoms with Crippen molar-refractivity contribution in [3.63, 3.8) is 0 Å². The molecule has 1 amide bonds. The van der Waals surface area contributed by atoms with Gasteiger partial charge in [-0.2, -0.15) is 0 Å². The van der Waals surface area contributed by atoms with Crippen LogP contribution in [0.25, 0.3) is 17.5 Å². The molecule has 24 heavy (non-hydrogen) atoms. The minimum atomic E-state index is -0.199. The van der Waals surface area contributed by atoms with E-state index in [1.165, 1.54) is 6.08 Å². The molecule has 0 atom stereocenters. The molecule has 2 aromatic heterocycles. The molecule has 0 saturated heterocycles. The summed E-state index contributed by atoms with van der Waals surface area (Å²) >= 11 is 1.55. The van der Waals surface area contributed by atoms with Crippen LogP contribution in [0.15, 0.2) is 42.0 Å². The van der Waals surface area contributed by atoms with Gasteiger partial charge in [0.1, 0.15) is 6.33 Å². The predicted octanol–water partition coefficient (Wildman–Crippen LogP) is 3.38. The van der Waals surface area contributed by atoms with Crippen LogP contribution in [0.5, 0.6) is 0 Å². The highest BCUT2D eigenvalue weighted by molar-refractivity contribution is 7.09. The largest absolute Gasteiger partial charge is 0.322 e. The number of aromatic nitrogens is 4. The van der Waals surface area contributed by atoms with Crippen molar-refractivity contribution in [3.8, 4) is 11.4 Å². The van der Waals surface area contributed by atoms with E-state index >= 15 is 0 Å². The third kappa shape index (κ3) is 3.75. The Morgan fingerprint density at radius 2 is 2.29 bits per heavy atom. The molecule has 3 aromatic rings. The molecule has 0 fully saturated rings. The number of amides is 1. The predicted molar refractivity (Wildman–Crippen MR) is 95.6 cm³/mol. The number of hydrogen-bond donors (Lipinski definition) is 1. The topological polar surface area (TPSA) is 72.7 Å². The highest BCUT2D eigenvalue weighted by Crippen LogP contribution is 2.20. The van der Waals surface area contributed by atoms with Crippen molar-refractivity contribution in [2.75, 3.05) is 5.32 Å². The molecule has 0 saturated carbocycles. The minimum absolute atomic E-state index is 0.199. The summed E-state index contributed by atoms with van der Waals surface area (Å²) in [4.78, 5) is 16.3. The summed E-state index contributed by atoms with van der Waals surface area (Å²) in [7, 11) is 0. The highest BCUT2D eigenvalue weighted by Gasteiger charge is 2.07. The second kappa shape index (κ2) is 7.18. The molecule has 0 unspecified atom stereocenters. The summed E-state index contributed by atoms with van der Waals surface area (Å²) in [5, 5.41) is 13.8. The fourth-order valence-corrected chi connectivity index (χ4v) is 2.83. The van der Waals surface area contributed by atoms with Gasteiger partial charge in [-0.05, 0) is 32.1 Å². The van der Waals surface area contributed by atoms with E-state index in [1.54, 1.807) is 23.7 Å². The van der Waals surface area contributed by atoms with Gasteiger partial charge in [0.2, 0.25) is 5.91 Å². The van der Waals surface area contributed by atoms with Crippen LogP contribution in [0.4, 0.5) is 5.69 Å². The lowest BCUT2D eigenvalue weighted by Gasteiger charge is -2.06. The zero-order valence-electron chi connectivity index (χ0n) is 13.4. The van der Waals surface area contributed by atoms with Gasteiger partial charge in [-0.15, -0.1) is 21.5 Å². The van der Waals surface area contributed by atoms with E-state index in [0.29, 0.717) is 5.69 Å². The van der Waals surface area contributed by atoms with Gasteiger partial charge in [0.25, 0.3) is 0 Å². The van der Waals surface area contributed by atoms with E-state index in [2.05, 4.69) is 20.5 Å². The Morgan fingerprint density at radius 1 is 1.42 bits per heavy atom. The summed E-state index contributed by atoms with van der Waals surface area (Å²) in [6, 6.07) is 7.55. The lowest BCUT2D eigenvalue weighted by Crippen LogP contribution is -2.08. The highest BCUT2D eigenvalue weighted by atomic mass is 32.1. The number of thiazole rings is 1. The molecule has 1 N–H and O–H groups in total. The van der Waals surface area contributed by atoms with E-state index in [4.69, 9.17) is 0 Å². The second-order valence-electron chi connectivity index (χ2n) is 5.14. The van der Waals surface area contributed by atoms with Crippen LogP contribution in [-0.2, 0) is 11.3 Å². The molecule has 2 heterocycles. The molecule has 0 radical (unpaired) electrons. The van der Waals surface area contributed by atoms with Crippen LogP contribution in [0.3, 0.4) is 0 Å². The third-order valence-corrected chi connectivity index (χ3v) is 4.18. The lowest BCUT2D eigenvalue weighted by molar-refractivity contribution is -0.111. The van der Waals surface area contributed by atoms with E-state index in [1.807, 2.05) is 48.1 Å². The maximum atomic E-state index is 12.1. The first-order valence-electron chi connectivity index (χ1n) is 7.55. The summed E-state index contributed by atoms with van der Waals surface area (Å²) < 4.78 is 1.95. The van der Waals surface area contributed by atoms with Crippen LogP contribution in [-0.4, -0.2) is 25.7 Å². The number of hydrogen-bond acceptors (Lipinski definition) is 5. The van der Waals surface area contributed by atoms with Gasteiger partial charge in [0.05, 0.1) is 10.7 Å². The van der Waals surface area contributed by atoms with Crippen LogP contribution >= 0.6 is 11.3 Å². The molecule has 0 aliphatic rings. The summed E-state index contributed by atoms with van der Waals surface area (Å²) in [6.07, 6.45) is 4.88. The zero-order valence-corrected chi connectivity index (χ0v) is 14.2. The molecule has 3 rings (SSSR count). The van der Waals surface area contributed by atoms with Gasteiger partial charge in [-0.3, -0.25) is 4.79 Å². The van der Waals surface area contributed by atoms with Gasteiger partial charge in [-0.25, -0.2) is 4.98 Å². The first kappa shape index (κ1) is 16.1. The van der Waals surface area contributed by atoms with E-state index in [-0.39, 0.29) is 5.91 Å². The molecule has 0 aliphatic carbocycles. The summed E-state index contributed by atoms with van der Waals surface area (Å²) in [5.74, 6) is 0.580. The first-order chi connectivity index (χ1) is 11.7. The van der Waals surface area contributed by atoms with Crippen LogP contribution in [0, 0.1) is 6.92 Å². The van der Waals surface area contributed by atoms with Crippen molar-refractivity contribution in [1.29, 1.82) is 0 Å². The maximum Gasteiger partial charge on any atom is 0.248 e. The Bertz CT molecular complexity index is 881. The van der Waals surface area contributed by atoms with Crippen molar-refractivity contribution < 1.29 is 4.79 Å². The smallest absolute Gasteiger partial charge is 0.248 e. The van der Waals surface area contributed by atoms with E-state index in [0.717, 1.165) is 28.6 Å². The molecule has 0 aliphatic heterocycles. The molecule has 6 nitrogen and oxygen atoms in total. The standard InChI is InChI=1S/C17H17N5OS/c1-3-22-11-18-21-17(22)13-5-4-6-14(9-13)20-16(23)8-7-15-10-24-12(2)19-15/h4-11H,3H2,1-2H3,(H,20,23)/b8-7+. The van der Waals surface area contributed by atoms with Crippen molar-refractivity contribution >= 4 is 29.0 Å². The Morgan fingerprint density at radius 3 is 3.04 bits per heavy atom. The van der Waals surface area contributed by atoms with Crippen molar-refractivity contribution in [1.82, 2.24) is 19.7 Å². The Hall–Kier alpha value is -2.80. The number of rotatable bonds is 5. The van der Waals surface area contributed by atoms with Crippen molar-refractivity contribution in [2.24, 2.45) is 0 Å². The van der Waals surface area contributed by atoms with Crippen LogP contribution < -0.4 is 5.32 Å². The monoisotopic (exact) mass is 339 g/mol. The van der Waals surface area contributed by atoms with Gasteiger partial charge in [-0.1, -0.05) is 12.1 Å². The van der Waals surface area contributed by atoms with Gasteiger partial charge >= 0.3 is 0 Å². The number of benzene rings is 1. The second-order valence-corrected chi connectivity index (χ2v) is 6.20. The number of carbonyl (C=O) groups excluding carboxylic acids is 1. The number of nitrogens with zero attached hydrogens (tertiary/aromatic N) is 4. The van der Waals surface area contributed by atoms with Gasteiger partial charge in [0.15, 0.2) is 5.82 Å². The lowest BCUT2D eigenvalue weighted by atomic mass is 10.2. The summed E-state index contributed by atoms with van der Waals surface area (Å²) in [5.41, 5.74) is 2.41. The molecule has 0 bridgehead atoms. The Balaban J connectivity index is 1.72. The fourth-order valence-electron chi connectivity index (χ4n) is 2.25. The summed E-state index contributed by atoms with van der Waals surface area (Å²) in [6.45, 7) is 4.75. The SMILES string of the molecule is CCn1cnnc1-c1cccc(NC(=O)/C=C/c2csc(C)n2)c1. The molecule has 122 valence electrons. The Kier molecular flexibility index (Phi) is 4.81. The van der Waals surface area contributed by atoms with Crippen molar-refractivity contribution in [3.05, 3.63) is 52.8 Å². The molecular weight excluding hydrogens is 322 g/mol. The Labute approximate surface area is 143 Å². The van der Waals surface area contributed by atoms with E-state index in [9.17, 15) is 4.79 Å². The van der Waals surface area contributed by atoms with Crippen LogP contribution in [0.2, 0.25) is 0 Å². The third-order valence-electron chi connectivity index (χ3n) is 3.39. The quantitative estimate of drug-likeness (QED) is 0.723.